The zero-order valence-corrected chi connectivity index (χ0v) is 11.6. The first-order valence-electron chi connectivity index (χ1n) is 6.04. The monoisotopic (exact) mass is 284 g/mol. The molecule has 0 radical (unpaired) electrons. The van der Waals surface area contributed by atoms with Crippen LogP contribution in [0, 0.1) is 0 Å². The predicted octanol–water partition coefficient (Wildman–Crippen LogP) is 2.61. The molecule has 1 amide bonds. The van der Waals surface area contributed by atoms with E-state index in [1.807, 2.05) is 35.7 Å². The number of carbonyl (C=O) groups is 1. The fourth-order valence-electron chi connectivity index (χ4n) is 1.80. The number of hydrogen-bond acceptors (Lipinski definition) is 4. The molecule has 3 aromatic rings. The number of benzene rings is 1. The molecule has 100 valence electrons. The first-order chi connectivity index (χ1) is 9.75. The van der Waals surface area contributed by atoms with Crippen LogP contribution in [-0.4, -0.2) is 27.7 Å². The Morgan fingerprint density at radius 3 is 2.75 bits per heavy atom. The van der Waals surface area contributed by atoms with Gasteiger partial charge >= 0.3 is 0 Å². The second-order valence-corrected chi connectivity index (χ2v) is 5.03. The fourth-order valence-corrected chi connectivity index (χ4v) is 2.41. The summed E-state index contributed by atoms with van der Waals surface area (Å²) in [4.78, 5) is 17.9. The molecule has 0 fully saturated rings. The minimum absolute atomic E-state index is 0.172. The van der Waals surface area contributed by atoms with Gasteiger partial charge in [0.1, 0.15) is 0 Å². The molecule has 2 heterocycles. The standard InChI is InChI=1S/C14H12N4OS/c1-17(14-15-8-10-20-14)13(19)12-7-9-18(16-12)11-5-3-2-4-6-11/h2-10H,1H3. The third-order valence-corrected chi connectivity index (χ3v) is 3.69. The molecule has 5 nitrogen and oxygen atoms in total. The van der Waals surface area contributed by atoms with Crippen molar-refractivity contribution in [1.82, 2.24) is 14.8 Å². The third kappa shape index (κ3) is 2.33. The van der Waals surface area contributed by atoms with Crippen LogP contribution in [0.1, 0.15) is 10.5 Å². The van der Waals surface area contributed by atoms with Crippen molar-refractivity contribution < 1.29 is 4.79 Å². The average molecular weight is 284 g/mol. The Hall–Kier alpha value is -2.47. The summed E-state index contributed by atoms with van der Waals surface area (Å²) in [6, 6.07) is 11.4. The maximum atomic E-state index is 12.3. The maximum Gasteiger partial charge on any atom is 0.280 e. The van der Waals surface area contributed by atoms with Crippen LogP contribution in [0.2, 0.25) is 0 Å². The summed E-state index contributed by atoms with van der Waals surface area (Å²) in [5.41, 5.74) is 1.31. The topological polar surface area (TPSA) is 51.0 Å². The molecule has 0 aliphatic carbocycles. The van der Waals surface area contributed by atoms with Gasteiger partial charge in [0.05, 0.1) is 5.69 Å². The van der Waals surface area contributed by atoms with Crippen LogP contribution in [-0.2, 0) is 0 Å². The van der Waals surface area contributed by atoms with E-state index in [0.29, 0.717) is 10.8 Å². The smallest absolute Gasteiger partial charge is 0.280 e. The van der Waals surface area contributed by atoms with Gasteiger partial charge in [0, 0.05) is 24.8 Å². The lowest BCUT2D eigenvalue weighted by molar-refractivity contribution is 0.0988. The summed E-state index contributed by atoms with van der Waals surface area (Å²) >= 11 is 1.42. The lowest BCUT2D eigenvalue weighted by atomic mass is 10.3. The number of para-hydroxylation sites is 1. The third-order valence-electron chi connectivity index (χ3n) is 2.84. The van der Waals surface area contributed by atoms with Crippen LogP contribution in [0.25, 0.3) is 5.69 Å². The minimum atomic E-state index is -0.172. The zero-order chi connectivity index (χ0) is 13.9. The molecule has 0 aliphatic heterocycles. The summed E-state index contributed by atoms with van der Waals surface area (Å²) in [6.07, 6.45) is 3.45. The molecule has 0 unspecified atom stereocenters. The molecule has 0 saturated heterocycles. The van der Waals surface area contributed by atoms with E-state index in [1.54, 1.807) is 30.2 Å². The molecule has 0 N–H and O–H groups in total. The second kappa shape index (κ2) is 5.26. The Labute approximate surface area is 120 Å². The number of carbonyl (C=O) groups excluding carboxylic acids is 1. The first kappa shape index (κ1) is 12.6. The molecule has 0 saturated carbocycles. The molecule has 0 atom stereocenters. The van der Waals surface area contributed by atoms with Crippen LogP contribution < -0.4 is 4.90 Å². The highest BCUT2D eigenvalue weighted by molar-refractivity contribution is 7.13. The van der Waals surface area contributed by atoms with E-state index in [1.165, 1.54) is 16.2 Å². The van der Waals surface area contributed by atoms with E-state index in [-0.39, 0.29) is 5.91 Å². The largest absolute Gasteiger partial charge is 0.286 e. The van der Waals surface area contributed by atoms with Crippen molar-refractivity contribution in [2.45, 2.75) is 0 Å². The van der Waals surface area contributed by atoms with Gasteiger partial charge in [-0.05, 0) is 18.2 Å². The Balaban J connectivity index is 1.85. The summed E-state index contributed by atoms with van der Waals surface area (Å²) in [5, 5.41) is 6.81. The highest BCUT2D eigenvalue weighted by atomic mass is 32.1. The molecule has 6 heteroatoms. The van der Waals surface area contributed by atoms with Crippen molar-refractivity contribution in [3.8, 4) is 5.69 Å². The quantitative estimate of drug-likeness (QED) is 0.743. The molecular weight excluding hydrogens is 272 g/mol. The number of nitrogens with zero attached hydrogens (tertiary/aromatic N) is 4. The van der Waals surface area contributed by atoms with E-state index in [0.717, 1.165) is 5.69 Å². The molecule has 0 spiro atoms. The van der Waals surface area contributed by atoms with Gasteiger partial charge in [-0.2, -0.15) is 5.10 Å². The predicted molar refractivity (Wildman–Crippen MR) is 78.4 cm³/mol. The van der Waals surface area contributed by atoms with Crippen LogP contribution in [0.5, 0.6) is 0 Å². The van der Waals surface area contributed by atoms with Crippen LogP contribution in [0.4, 0.5) is 5.13 Å². The van der Waals surface area contributed by atoms with Gasteiger partial charge in [0.25, 0.3) is 5.91 Å². The van der Waals surface area contributed by atoms with E-state index in [9.17, 15) is 4.79 Å². The maximum absolute atomic E-state index is 12.3. The van der Waals surface area contributed by atoms with Crippen molar-refractivity contribution in [1.29, 1.82) is 0 Å². The van der Waals surface area contributed by atoms with Crippen molar-refractivity contribution >= 4 is 22.4 Å². The Morgan fingerprint density at radius 2 is 2.05 bits per heavy atom. The normalized spacial score (nSPS) is 10.4. The fraction of sp³-hybridized carbons (Fsp3) is 0.0714. The highest BCUT2D eigenvalue weighted by Crippen LogP contribution is 2.17. The van der Waals surface area contributed by atoms with Gasteiger partial charge in [0.2, 0.25) is 0 Å². The highest BCUT2D eigenvalue weighted by Gasteiger charge is 2.18. The van der Waals surface area contributed by atoms with Crippen molar-refractivity contribution in [2.24, 2.45) is 0 Å². The Morgan fingerprint density at radius 1 is 1.25 bits per heavy atom. The number of hydrogen-bond donors (Lipinski definition) is 0. The number of thiazole rings is 1. The lowest BCUT2D eigenvalue weighted by Crippen LogP contribution is -2.26. The van der Waals surface area contributed by atoms with Gasteiger partial charge < -0.3 is 0 Å². The van der Waals surface area contributed by atoms with Gasteiger partial charge in [-0.1, -0.05) is 18.2 Å². The van der Waals surface area contributed by atoms with Crippen LogP contribution in [0.3, 0.4) is 0 Å². The van der Waals surface area contributed by atoms with Gasteiger partial charge in [-0.3, -0.25) is 9.69 Å². The lowest BCUT2D eigenvalue weighted by Gasteiger charge is -2.11. The average Bonchev–Trinajstić information content (AvgIpc) is 3.18. The van der Waals surface area contributed by atoms with E-state index in [2.05, 4.69) is 10.1 Å². The Kier molecular flexibility index (Phi) is 3.30. The van der Waals surface area contributed by atoms with E-state index < -0.39 is 0 Å². The Bertz CT molecular complexity index is 706. The van der Waals surface area contributed by atoms with Gasteiger partial charge in [0.15, 0.2) is 10.8 Å². The van der Waals surface area contributed by atoms with Gasteiger partial charge in [-0.15, -0.1) is 11.3 Å². The summed E-state index contributed by atoms with van der Waals surface area (Å²) in [6.45, 7) is 0. The number of aromatic nitrogens is 3. The van der Waals surface area contributed by atoms with E-state index >= 15 is 0 Å². The first-order valence-corrected chi connectivity index (χ1v) is 6.92. The SMILES string of the molecule is CN(C(=O)c1ccn(-c2ccccc2)n1)c1nccs1. The second-order valence-electron chi connectivity index (χ2n) is 4.16. The van der Waals surface area contributed by atoms with Crippen molar-refractivity contribution in [3.05, 3.63) is 59.9 Å². The van der Waals surface area contributed by atoms with E-state index in [4.69, 9.17) is 0 Å². The molecular formula is C14H12N4OS. The summed E-state index contributed by atoms with van der Waals surface area (Å²) in [7, 11) is 1.70. The molecule has 3 rings (SSSR count). The summed E-state index contributed by atoms with van der Waals surface area (Å²) in [5.74, 6) is -0.172. The van der Waals surface area contributed by atoms with Crippen LogP contribution >= 0.6 is 11.3 Å². The summed E-state index contributed by atoms with van der Waals surface area (Å²) < 4.78 is 1.68. The molecule has 0 bridgehead atoms. The number of anilines is 1. The molecule has 0 aliphatic rings. The van der Waals surface area contributed by atoms with Crippen molar-refractivity contribution in [3.63, 3.8) is 0 Å². The zero-order valence-electron chi connectivity index (χ0n) is 10.8. The van der Waals surface area contributed by atoms with Crippen LogP contribution in [0.15, 0.2) is 54.2 Å². The number of rotatable bonds is 3. The molecule has 20 heavy (non-hydrogen) atoms. The molecule has 2 aromatic heterocycles. The molecule has 1 aromatic carbocycles. The minimum Gasteiger partial charge on any atom is -0.286 e. The number of amides is 1. The van der Waals surface area contributed by atoms with Crippen molar-refractivity contribution in [2.75, 3.05) is 11.9 Å². The van der Waals surface area contributed by atoms with Gasteiger partial charge in [-0.25, -0.2) is 9.67 Å².